The molecule has 28 heavy (non-hydrogen) atoms. The molecule has 4 heterocycles. The van der Waals surface area contributed by atoms with E-state index in [9.17, 15) is 10.1 Å². The van der Waals surface area contributed by atoms with Crippen molar-refractivity contribution in [2.24, 2.45) is 0 Å². The second kappa shape index (κ2) is 7.82. The van der Waals surface area contributed by atoms with Gasteiger partial charge in [0.25, 0.3) is 5.69 Å². The molecule has 0 spiro atoms. The molecular formula is C17H17ClN6O3S. The summed E-state index contributed by atoms with van der Waals surface area (Å²) in [5, 5.41) is 17.2. The number of nitrogens with zero attached hydrogens (tertiary/aromatic N) is 6. The van der Waals surface area contributed by atoms with E-state index in [1.807, 2.05) is 29.3 Å². The van der Waals surface area contributed by atoms with Crippen LogP contribution >= 0.6 is 22.9 Å². The van der Waals surface area contributed by atoms with Crippen LogP contribution in [0, 0.1) is 10.1 Å². The van der Waals surface area contributed by atoms with Gasteiger partial charge in [0.2, 0.25) is 11.7 Å². The molecule has 3 aromatic heterocycles. The number of pyridine rings is 1. The average molecular weight is 421 g/mol. The van der Waals surface area contributed by atoms with E-state index in [1.54, 1.807) is 11.3 Å². The van der Waals surface area contributed by atoms with Crippen LogP contribution in [0.15, 0.2) is 34.3 Å². The summed E-state index contributed by atoms with van der Waals surface area (Å²) >= 11 is 7.77. The van der Waals surface area contributed by atoms with Crippen LogP contribution in [0.3, 0.4) is 0 Å². The van der Waals surface area contributed by atoms with Crippen molar-refractivity contribution < 1.29 is 9.45 Å². The summed E-state index contributed by atoms with van der Waals surface area (Å²) in [6, 6.07) is 5.24. The van der Waals surface area contributed by atoms with Crippen LogP contribution in [-0.4, -0.2) is 51.1 Å². The summed E-state index contributed by atoms with van der Waals surface area (Å²) in [7, 11) is 0. The van der Waals surface area contributed by atoms with E-state index in [0.29, 0.717) is 30.6 Å². The molecule has 1 atom stereocenters. The molecule has 0 N–H and O–H groups in total. The lowest BCUT2D eigenvalue weighted by Gasteiger charge is -2.37. The molecule has 1 saturated heterocycles. The van der Waals surface area contributed by atoms with Crippen LogP contribution in [0.1, 0.15) is 18.9 Å². The minimum Gasteiger partial charge on any atom is -0.353 e. The molecule has 146 valence electrons. The summed E-state index contributed by atoms with van der Waals surface area (Å²) in [6.45, 7) is 4.94. The highest BCUT2D eigenvalue weighted by Crippen LogP contribution is 2.30. The van der Waals surface area contributed by atoms with Gasteiger partial charge in [-0.25, -0.2) is 4.98 Å². The second-order valence-corrected chi connectivity index (χ2v) is 7.74. The van der Waals surface area contributed by atoms with Gasteiger partial charge in [-0.2, -0.15) is 4.98 Å². The Morgan fingerprint density at radius 1 is 1.36 bits per heavy atom. The normalized spacial score (nSPS) is 16.3. The molecule has 4 rings (SSSR count). The molecule has 0 bridgehead atoms. The SMILES string of the molecule is CC(c1nc(-c2cccs2)no1)N1CCN(c2ncc([N+](=O)[O-])cc2Cl)CC1. The minimum absolute atomic E-state index is 0.0105. The van der Waals surface area contributed by atoms with Crippen molar-refractivity contribution in [2.75, 3.05) is 31.1 Å². The molecule has 1 aliphatic heterocycles. The van der Waals surface area contributed by atoms with Gasteiger partial charge in [-0.05, 0) is 18.4 Å². The lowest BCUT2D eigenvalue weighted by Crippen LogP contribution is -2.47. The number of piperazine rings is 1. The Bertz CT molecular complexity index is 971. The van der Waals surface area contributed by atoms with E-state index in [0.717, 1.165) is 18.0 Å². The maximum atomic E-state index is 10.8. The Hall–Kier alpha value is -2.56. The fraction of sp³-hybridized carbons (Fsp3) is 0.353. The number of anilines is 1. The van der Waals surface area contributed by atoms with Gasteiger partial charge in [-0.15, -0.1) is 11.3 Å². The highest BCUT2D eigenvalue weighted by atomic mass is 35.5. The van der Waals surface area contributed by atoms with Gasteiger partial charge in [0.05, 0.1) is 20.9 Å². The summed E-state index contributed by atoms with van der Waals surface area (Å²) in [4.78, 5) is 24.3. The zero-order valence-electron chi connectivity index (χ0n) is 15.0. The van der Waals surface area contributed by atoms with Gasteiger partial charge in [0.15, 0.2) is 0 Å². The third kappa shape index (κ3) is 3.71. The van der Waals surface area contributed by atoms with Gasteiger partial charge in [-0.3, -0.25) is 15.0 Å². The van der Waals surface area contributed by atoms with E-state index in [4.69, 9.17) is 16.1 Å². The number of hydrogen-bond donors (Lipinski definition) is 0. The molecule has 1 fully saturated rings. The first-order chi connectivity index (χ1) is 13.5. The van der Waals surface area contributed by atoms with Crippen molar-refractivity contribution in [1.29, 1.82) is 0 Å². The van der Waals surface area contributed by atoms with E-state index < -0.39 is 4.92 Å². The van der Waals surface area contributed by atoms with Crippen LogP contribution in [0.4, 0.5) is 11.5 Å². The zero-order valence-corrected chi connectivity index (χ0v) is 16.6. The summed E-state index contributed by atoms with van der Waals surface area (Å²) in [6.07, 6.45) is 1.24. The minimum atomic E-state index is -0.503. The predicted octanol–water partition coefficient (Wildman–Crippen LogP) is 3.64. The number of nitro groups is 1. The standard InChI is InChI=1S/C17H17ClN6O3S/c1-11(17-20-15(21-27-17)14-3-2-8-28-14)22-4-6-23(7-5-22)16-13(18)9-12(10-19-16)24(25)26/h2-3,8-11H,4-7H2,1H3. The lowest BCUT2D eigenvalue weighted by molar-refractivity contribution is -0.385. The van der Waals surface area contributed by atoms with Crippen LogP contribution in [0.2, 0.25) is 5.02 Å². The number of thiophene rings is 1. The van der Waals surface area contributed by atoms with Crippen LogP contribution in [0.25, 0.3) is 10.7 Å². The first-order valence-electron chi connectivity index (χ1n) is 8.69. The molecular weight excluding hydrogens is 404 g/mol. The highest BCUT2D eigenvalue weighted by Gasteiger charge is 2.27. The molecule has 0 amide bonds. The number of aromatic nitrogens is 3. The number of halogens is 1. The second-order valence-electron chi connectivity index (χ2n) is 6.39. The zero-order chi connectivity index (χ0) is 19.7. The van der Waals surface area contributed by atoms with E-state index in [1.165, 1.54) is 12.3 Å². The highest BCUT2D eigenvalue weighted by molar-refractivity contribution is 7.13. The maximum Gasteiger partial charge on any atom is 0.289 e. The van der Waals surface area contributed by atoms with Crippen molar-refractivity contribution in [1.82, 2.24) is 20.0 Å². The Balaban J connectivity index is 1.41. The number of rotatable bonds is 5. The van der Waals surface area contributed by atoms with Crippen molar-refractivity contribution >= 4 is 34.4 Å². The Morgan fingerprint density at radius 2 is 2.14 bits per heavy atom. The Kier molecular flexibility index (Phi) is 5.25. The third-order valence-corrected chi connectivity index (χ3v) is 5.86. The molecule has 0 saturated carbocycles. The fourth-order valence-electron chi connectivity index (χ4n) is 3.14. The van der Waals surface area contributed by atoms with Gasteiger partial charge in [0.1, 0.15) is 12.0 Å². The smallest absolute Gasteiger partial charge is 0.289 e. The van der Waals surface area contributed by atoms with E-state index >= 15 is 0 Å². The molecule has 0 aliphatic carbocycles. The molecule has 1 unspecified atom stereocenters. The predicted molar refractivity (Wildman–Crippen MR) is 106 cm³/mol. The Labute approximate surface area is 169 Å². The monoisotopic (exact) mass is 420 g/mol. The van der Waals surface area contributed by atoms with E-state index in [-0.39, 0.29) is 16.8 Å². The number of hydrogen-bond acceptors (Lipinski definition) is 9. The average Bonchev–Trinajstić information content (AvgIpc) is 3.39. The molecule has 1 aliphatic rings. The van der Waals surface area contributed by atoms with Crippen molar-refractivity contribution in [2.45, 2.75) is 13.0 Å². The maximum absolute atomic E-state index is 10.8. The third-order valence-electron chi connectivity index (χ3n) is 4.72. The quantitative estimate of drug-likeness (QED) is 0.455. The van der Waals surface area contributed by atoms with E-state index in [2.05, 4.69) is 20.0 Å². The summed E-state index contributed by atoms with van der Waals surface area (Å²) in [5.74, 6) is 1.76. The lowest BCUT2D eigenvalue weighted by atomic mass is 10.2. The van der Waals surface area contributed by atoms with Crippen molar-refractivity contribution in [3.05, 3.63) is 50.8 Å². The first-order valence-corrected chi connectivity index (χ1v) is 9.95. The van der Waals surface area contributed by atoms with Crippen LogP contribution < -0.4 is 4.90 Å². The summed E-state index contributed by atoms with van der Waals surface area (Å²) in [5.41, 5.74) is -0.112. The molecule has 3 aromatic rings. The largest absolute Gasteiger partial charge is 0.353 e. The van der Waals surface area contributed by atoms with Gasteiger partial charge in [0, 0.05) is 32.2 Å². The van der Waals surface area contributed by atoms with Gasteiger partial charge >= 0.3 is 0 Å². The first kappa shape index (κ1) is 18.8. The van der Waals surface area contributed by atoms with Gasteiger partial charge < -0.3 is 9.42 Å². The van der Waals surface area contributed by atoms with Crippen molar-refractivity contribution in [3.63, 3.8) is 0 Å². The van der Waals surface area contributed by atoms with Gasteiger partial charge in [-0.1, -0.05) is 22.8 Å². The summed E-state index contributed by atoms with van der Waals surface area (Å²) < 4.78 is 5.46. The molecule has 0 radical (unpaired) electrons. The molecule has 0 aromatic carbocycles. The van der Waals surface area contributed by atoms with Crippen LogP contribution in [0.5, 0.6) is 0 Å². The van der Waals surface area contributed by atoms with Crippen LogP contribution in [-0.2, 0) is 0 Å². The topological polar surface area (TPSA) is 101 Å². The molecule has 9 nitrogen and oxygen atoms in total. The fourth-order valence-corrected chi connectivity index (χ4v) is 4.07. The van der Waals surface area contributed by atoms with Crippen molar-refractivity contribution in [3.8, 4) is 10.7 Å². The Morgan fingerprint density at radius 3 is 2.79 bits per heavy atom. The molecule has 11 heteroatoms.